The third-order valence-corrected chi connectivity index (χ3v) is 2.85. The summed E-state index contributed by atoms with van der Waals surface area (Å²) in [5, 5.41) is 19.4. The van der Waals surface area contributed by atoms with E-state index in [-0.39, 0.29) is 5.82 Å². The van der Waals surface area contributed by atoms with Gasteiger partial charge in [0.05, 0.1) is 5.69 Å². The first-order chi connectivity index (χ1) is 7.58. The Hall–Kier alpha value is -1.76. The molecular formula is C9H7BrN4O2. The van der Waals surface area contributed by atoms with Gasteiger partial charge in [-0.3, -0.25) is 0 Å². The van der Waals surface area contributed by atoms with Gasteiger partial charge < -0.3 is 5.11 Å². The van der Waals surface area contributed by atoms with Gasteiger partial charge in [0, 0.05) is 4.47 Å². The van der Waals surface area contributed by atoms with Gasteiger partial charge in [-0.25, -0.2) is 4.79 Å². The molecule has 1 N–H and O–H groups in total. The number of carboxylic acid groups (broad SMARTS) is 1. The number of halogens is 1. The molecule has 0 unspecified atom stereocenters. The van der Waals surface area contributed by atoms with Crippen LogP contribution < -0.4 is 0 Å². The van der Waals surface area contributed by atoms with Crippen molar-refractivity contribution < 1.29 is 9.90 Å². The number of nitrogens with zero attached hydrogens (tertiary/aromatic N) is 4. The Labute approximate surface area is 99.0 Å². The van der Waals surface area contributed by atoms with Gasteiger partial charge in [0.1, 0.15) is 0 Å². The number of tetrazole rings is 1. The molecule has 0 saturated carbocycles. The second kappa shape index (κ2) is 4.01. The molecule has 0 amide bonds. The Morgan fingerprint density at radius 2 is 2.25 bits per heavy atom. The maximum atomic E-state index is 10.6. The molecule has 2 aromatic rings. The number of carboxylic acids is 1. The van der Waals surface area contributed by atoms with Gasteiger partial charge >= 0.3 is 5.97 Å². The average molecular weight is 283 g/mol. The van der Waals surface area contributed by atoms with E-state index in [0.717, 1.165) is 10.0 Å². The van der Waals surface area contributed by atoms with E-state index in [1.165, 1.54) is 4.80 Å². The number of hydrogen-bond acceptors (Lipinski definition) is 4. The van der Waals surface area contributed by atoms with Crippen LogP contribution in [0.4, 0.5) is 0 Å². The molecule has 0 fully saturated rings. The molecule has 0 bridgehead atoms. The van der Waals surface area contributed by atoms with E-state index in [1.54, 1.807) is 12.1 Å². The lowest BCUT2D eigenvalue weighted by Crippen LogP contribution is -2.02. The predicted octanol–water partition coefficient (Wildman–Crippen LogP) is 1.43. The van der Waals surface area contributed by atoms with Crippen molar-refractivity contribution in [3.63, 3.8) is 0 Å². The topological polar surface area (TPSA) is 80.9 Å². The van der Waals surface area contributed by atoms with Crippen molar-refractivity contribution in [2.45, 2.75) is 6.92 Å². The van der Waals surface area contributed by atoms with Crippen molar-refractivity contribution in [1.82, 2.24) is 20.2 Å². The number of rotatable bonds is 2. The van der Waals surface area contributed by atoms with Crippen LogP contribution in [-0.4, -0.2) is 31.3 Å². The highest BCUT2D eigenvalue weighted by Crippen LogP contribution is 2.18. The van der Waals surface area contributed by atoms with Crippen LogP contribution >= 0.6 is 15.9 Å². The second-order valence-corrected chi connectivity index (χ2v) is 4.00. The number of aromatic nitrogens is 4. The molecule has 0 radical (unpaired) electrons. The normalized spacial score (nSPS) is 10.4. The molecule has 6 nitrogen and oxygen atoms in total. The lowest BCUT2D eigenvalue weighted by atomic mass is 10.2. The van der Waals surface area contributed by atoms with E-state index in [2.05, 4.69) is 31.3 Å². The van der Waals surface area contributed by atoms with Gasteiger partial charge in [-0.1, -0.05) is 22.0 Å². The molecule has 2 rings (SSSR count). The molecule has 0 spiro atoms. The largest absolute Gasteiger partial charge is 0.475 e. The van der Waals surface area contributed by atoms with Gasteiger partial charge in [0.15, 0.2) is 0 Å². The van der Waals surface area contributed by atoms with Gasteiger partial charge in [0.25, 0.3) is 5.82 Å². The Balaban J connectivity index is 2.42. The fourth-order valence-electron chi connectivity index (χ4n) is 1.12. The first kappa shape index (κ1) is 10.7. The maximum absolute atomic E-state index is 10.6. The summed E-state index contributed by atoms with van der Waals surface area (Å²) in [5.41, 5.74) is 1.72. The Morgan fingerprint density at radius 3 is 2.81 bits per heavy atom. The van der Waals surface area contributed by atoms with E-state index in [4.69, 9.17) is 5.11 Å². The summed E-state index contributed by atoms with van der Waals surface area (Å²) >= 11 is 3.37. The first-order valence-electron chi connectivity index (χ1n) is 4.38. The zero-order valence-corrected chi connectivity index (χ0v) is 9.84. The summed E-state index contributed by atoms with van der Waals surface area (Å²) in [6, 6.07) is 5.46. The van der Waals surface area contributed by atoms with E-state index in [1.807, 2.05) is 13.0 Å². The summed E-state index contributed by atoms with van der Waals surface area (Å²) in [5.74, 6) is -1.52. The van der Waals surface area contributed by atoms with Crippen molar-refractivity contribution in [2.24, 2.45) is 0 Å². The lowest BCUT2D eigenvalue weighted by molar-refractivity contribution is 0.0683. The number of carbonyl (C=O) groups is 1. The summed E-state index contributed by atoms with van der Waals surface area (Å²) < 4.78 is 0.902. The molecule has 7 heteroatoms. The number of aromatic carboxylic acids is 1. The summed E-state index contributed by atoms with van der Waals surface area (Å²) in [6.07, 6.45) is 0. The maximum Gasteiger partial charge on any atom is 0.377 e. The minimum atomic E-state index is -1.20. The molecule has 0 atom stereocenters. The number of aryl methyl sites for hydroxylation is 1. The van der Waals surface area contributed by atoms with Gasteiger partial charge in [-0.15, -0.1) is 15.0 Å². The number of benzene rings is 1. The quantitative estimate of drug-likeness (QED) is 0.901. The third-order valence-electron chi connectivity index (χ3n) is 1.99. The second-order valence-electron chi connectivity index (χ2n) is 3.14. The van der Waals surface area contributed by atoms with Crippen LogP contribution in [-0.2, 0) is 0 Å². The van der Waals surface area contributed by atoms with Gasteiger partial charge in [-0.2, -0.15) is 0 Å². The molecule has 1 aromatic heterocycles. The molecule has 16 heavy (non-hydrogen) atoms. The third kappa shape index (κ3) is 1.94. The molecule has 0 aliphatic rings. The molecule has 0 aliphatic carbocycles. The highest BCUT2D eigenvalue weighted by molar-refractivity contribution is 9.10. The van der Waals surface area contributed by atoms with Crippen molar-refractivity contribution in [2.75, 3.05) is 0 Å². The Kier molecular flexibility index (Phi) is 2.69. The summed E-state index contributed by atoms with van der Waals surface area (Å²) in [4.78, 5) is 11.8. The fourth-order valence-corrected chi connectivity index (χ4v) is 1.48. The van der Waals surface area contributed by atoms with Crippen LogP contribution in [0, 0.1) is 6.92 Å². The Morgan fingerprint density at radius 1 is 1.50 bits per heavy atom. The van der Waals surface area contributed by atoms with Crippen LogP contribution in [0.3, 0.4) is 0 Å². The molecule has 82 valence electrons. The molecule has 0 saturated heterocycles. The van der Waals surface area contributed by atoms with Crippen molar-refractivity contribution in [3.05, 3.63) is 34.1 Å². The fraction of sp³-hybridized carbons (Fsp3) is 0.111. The van der Waals surface area contributed by atoms with Crippen LogP contribution in [0.5, 0.6) is 0 Å². The minimum Gasteiger partial charge on any atom is -0.475 e. The smallest absolute Gasteiger partial charge is 0.377 e. The SMILES string of the molecule is Cc1ccc(-n2nnc(C(=O)O)n2)cc1Br. The molecule has 1 heterocycles. The van der Waals surface area contributed by atoms with E-state index >= 15 is 0 Å². The van der Waals surface area contributed by atoms with Crippen LogP contribution in [0.25, 0.3) is 5.69 Å². The Bertz CT molecular complexity index is 552. The van der Waals surface area contributed by atoms with E-state index in [9.17, 15) is 4.79 Å². The monoisotopic (exact) mass is 282 g/mol. The van der Waals surface area contributed by atoms with E-state index < -0.39 is 5.97 Å². The number of hydrogen-bond donors (Lipinski definition) is 1. The molecule has 1 aromatic carbocycles. The zero-order chi connectivity index (χ0) is 11.7. The average Bonchev–Trinajstić information content (AvgIpc) is 2.71. The standard InChI is InChI=1S/C9H7BrN4O2/c1-5-2-3-6(4-7(5)10)14-12-8(9(15)16)11-13-14/h2-4H,1H3,(H,15,16). The lowest BCUT2D eigenvalue weighted by Gasteiger charge is -2.01. The van der Waals surface area contributed by atoms with Gasteiger partial charge in [0.2, 0.25) is 0 Å². The van der Waals surface area contributed by atoms with Crippen molar-refractivity contribution in [1.29, 1.82) is 0 Å². The molecular weight excluding hydrogens is 276 g/mol. The molecule has 0 aliphatic heterocycles. The van der Waals surface area contributed by atoms with Crippen LogP contribution in [0.1, 0.15) is 16.2 Å². The van der Waals surface area contributed by atoms with Crippen LogP contribution in [0.2, 0.25) is 0 Å². The predicted molar refractivity (Wildman–Crippen MR) is 58.6 cm³/mol. The van der Waals surface area contributed by atoms with E-state index in [0.29, 0.717) is 5.69 Å². The highest BCUT2D eigenvalue weighted by atomic mass is 79.9. The summed E-state index contributed by atoms with van der Waals surface area (Å²) in [6.45, 7) is 1.95. The summed E-state index contributed by atoms with van der Waals surface area (Å²) in [7, 11) is 0. The van der Waals surface area contributed by atoms with Crippen molar-refractivity contribution in [3.8, 4) is 5.69 Å². The van der Waals surface area contributed by atoms with Crippen LogP contribution in [0.15, 0.2) is 22.7 Å². The zero-order valence-electron chi connectivity index (χ0n) is 8.25. The highest BCUT2D eigenvalue weighted by Gasteiger charge is 2.11. The minimum absolute atomic E-state index is 0.323. The van der Waals surface area contributed by atoms with Crippen molar-refractivity contribution >= 4 is 21.9 Å². The van der Waals surface area contributed by atoms with Gasteiger partial charge in [-0.05, 0) is 29.8 Å². The first-order valence-corrected chi connectivity index (χ1v) is 5.17.